The van der Waals surface area contributed by atoms with Gasteiger partial charge in [-0.1, -0.05) is 0 Å². The Bertz CT molecular complexity index is 1180. The summed E-state index contributed by atoms with van der Waals surface area (Å²) < 4.78 is 28.2. The largest absolute Gasteiger partial charge is 1.00 e. The van der Waals surface area contributed by atoms with Gasteiger partial charge in [-0.2, -0.15) is 0 Å². The Labute approximate surface area is 342 Å². The van der Waals surface area contributed by atoms with E-state index < -0.39 is 11.9 Å². The number of rotatable bonds is 4. The summed E-state index contributed by atoms with van der Waals surface area (Å²) in [5.41, 5.74) is 0.842. The molecule has 4 rings (SSSR count). The first kappa shape index (κ1) is 34.9. The van der Waals surface area contributed by atoms with Gasteiger partial charge in [-0.15, -0.1) is 11.3 Å². The first-order valence-corrected chi connectivity index (χ1v) is 12.1. The van der Waals surface area contributed by atoms with Crippen LogP contribution in [0.25, 0.3) is 20.9 Å². The molecule has 38 heavy (non-hydrogen) atoms. The molecule has 1 aliphatic heterocycles. The van der Waals surface area contributed by atoms with Crippen LogP contribution in [-0.2, 0) is 14.2 Å². The molecule has 1 aromatic heterocycles. The zero-order chi connectivity index (χ0) is 25.3. The predicted octanol–water partition coefficient (Wildman–Crippen LogP) is -4.36. The average Bonchev–Trinajstić information content (AvgIpc) is 3.36. The minimum atomic E-state index is -1.46. The van der Waals surface area contributed by atoms with Gasteiger partial charge in [0, 0.05) is 9.75 Å². The molecule has 0 bridgehead atoms. The van der Waals surface area contributed by atoms with Gasteiger partial charge in [0.15, 0.2) is 11.5 Å². The van der Waals surface area contributed by atoms with Crippen molar-refractivity contribution < 1.29 is 181 Å². The Morgan fingerprint density at radius 2 is 1.05 bits per heavy atom. The number of ether oxygens (including phenoxy) is 5. The maximum atomic E-state index is 11.3. The van der Waals surface area contributed by atoms with Crippen molar-refractivity contribution >= 4 is 23.3 Å². The molecule has 2 aromatic carbocycles. The van der Waals surface area contributed by atoms with Gasteiger partial charge in [0.2, 0.25) is 0 Å². The number of carbonyl (C=O) groups excluding carboxylic acids is 2. The molecule has 190 valence electrons. The fourth-order valence-corrected chi connectivity index (χ4v) is 4.50. The fraction of sp³-hybridized carbons (Fsp3) is 0.308. The molecular formula is C26H24Cs2O9S. The molecule has 9 nitrogen and oxygen atoms in total. The Kier molecular flexibility index (Phi) is 16.7. The standard InChI is InChI=1S/C26H26O9S.2Cs/c27-25(28)19-13-18(14-20(15-19)26(29)30)24-4-3-23(36-24)17-1-2-21-22(16-17)35-12-10-33-8-6-31-5-7-32-9-11-34-21;;/h1-4,13-16H,5-12H2,(H,27,28)(H,29,30);;/q;2*+1/p-2. The van der Waals surface area contributed by atoms with Crippen LogP contribution in [0.3, 0.4) is 0 Å². The number of benzene rings is 2. The number of carbonyl (C=O) groups is 2. The molecule has 0 spiro atoms. The van der Waals surface area contributed by atoms with Crippen LogP contribution in [0.1, 0.15) is 20.7 Å². The zero-order valence-corrected chi connectivity index (χ0v) is 34.7. The Hall–Kier alpha value is 0.664. The summed E-state index contributed by atoms with van der Waals surface area (Å²) in [5.74, 6) is -1.80. The Balaban J connectivity index is 0.00000253. The molecule has 0 fully saturated rings. The summed E-state index contributed by atoms with van der Waals surface area (Å²) in [6.45, 7) is 3.40. The molecule has 0 saturated carbocycles. The predicted molar refractivity (Wildman–Crippen MR) is 127 cm³/mol. The Morgan fingerprint density at radius 3 is 1.58 bits per heavy atom. The van der Waals surface area contributed by atoms with Crippen LogP contribution in [0.15, 0.2) is 48.5 Å². The maximum absolute atomic E-state index is 11.3. The van der Waals surface area contributed by atoms with Crippen molar-refractivity contribution in [1.82, 2.24) is 0 Å². The first-order valence-electron chi connectivity index (χ1n) is 11.3. The van der Waals surface area contributed by atoms with E-state index in [-0.39, 0.29) is 149 Å². The summed E-state index contributed by atoms with van der Waals surface area (Å²) in [6, 6.07) is 13.0. The minimum absolute atomic E-state index is 0. The van der Waals surface area contributed by atoms with E-state index in [1.54, 1.807) is 6.07 Å². The molecule has 3 aromatic rings. The molecule has 0 unspecified atom stereocenters. The number of hydrogen-bond donors (Lipinski definition) is 0. The quantitative estimate of drug-likeness (QED) is 0.259. The normalized spacial score (nSPS) is 14.6. The number of thiophene rings is 1. The zero-order valence-electron chi connectivity index (χ0n) is 21.4. The monoisotopic (exact) mass is 778 g/mol. The molecule has 2 heterocycles. The second-order valence-corrected chi connectivity index (χ2v) is 8.82. The third-order valence-electron chi connectivity index (χ3n) is 5.24. The summed E-state index contributed by atoms with van der Waals surface area (Å²) >= 11 is 1.38. The van der Waals surface area contributed by atoms with Crippen LogP contribution < -0.4 is 157 Å². The van der Waals surface area contributed by atoms with E-state index in [1.807, 2.05) is 24.3 Å². The Morgan fingerprint density at radius 1 is 0.579 bits per heavy atom. The number of hydrogen-bond acceptors (Lipinski definition) is 10. The van der Waals surface area contributed by atoms with Crippen molar-refractivity contribution in [3.63, 3.8) is 0 Å². The van der Waals surface area contributed by atoms with E-state index >= 15 is 0 Å². The summed E-state index contributed by atoms with van der Waals surface area (Å²) in [4.78, 5) is 24.3. The van der Waals surface area contributed by atoms with Crippen LogP contribution >= 0.6 is 11.3 Å². The van der Waals surface area contributed by atoms with Crippen molar-refractivity contribution in [2.45, 2.75) is 0 Å². The van der Waals surface area contributed by atoms with Crippen LogP contribution in [0.4, 0.5) is 0 Å². The van der Waals surface area contributed by atoms with E-state index in [9.17, 15) is 19.8 Å². The molecule has 0 aliphatic carbocycles. The van der Waals surface area contributed by atoms with Crippen molar-refractivity contribution in [3.05, 3.63) is 59.7 Å². The minimum Gasteiger partial charge on any atom is -0.545 e. The van der Waals surface area contributed by atoms with Gasteiger partial charge in [0.1, 0.15) is 13.2 Å². The van der Waals surface area contributed by atoms with Crippen LogP contribution in [0.5, 0.6) is 11.5 Å². The molecular weight excluding hydrogens is 754 g/mol. The molecule has 12 heteroatoms. The second kappa shape index (κ2) is 18.3. The van der Waals surface area contributed by atoms with Crippen molar-refractivity contribution in [2.75, 3.05) is 52.9 Å². The van der Waals surface area contributed by atoms with E-state index in [2.05, 4.69) is 0 Å². The van der Waals surface area contributed by atoms with E-state index in [1.165, 1.54) is 23.5 Å². The molecule has 0 saturated heterocycles. The molecule has 0 N–H and O–H groups in total. The smallest absolute Gasteiger partial charge is 0.545 e. The SMILES string of the molecule is O=C([O-])c1cc(C(=O)[O-])cc(-c2ccc(-c3ccc4c(c3)OCCOCCOCCOCCO4)s2)c1.[Cs+].[Cs+]. The van der Waals surface area contributed by atoms with Crippen molar-refractivity contribution in [3.8, 4) is 32.4 Å². The molecule has 1 aliphatic rings. The van der Waals surface area contributed by atoms with Crippen LogP contribution in [0.2, 0.25) is 0 Å². The van der Waals surface area contributed by atoms with E-state index in [0.29, 0.717) is 74.8 Å². The van der Waals surface area contributed by atoms with Crippen LogP contribution in [-0.4, -0.2) is 64.8 Å². The number of aromatic carboxylic acids is 2. The fourth-order valence-electron chi connectivity index (χ4n) is 3.51. The third kappa shape index (κ3) is 10.5. The number of carboxylic acid groups (broad SMARTS) is 2. The molecule has 0 amide bonds. The average molecular weight is 778 g/mol. The van der Waals surface area contributed by atoms with Gasteiger partial charge in [-0.3, -0.25) is 0 Å². The van der Waals surface area contributed by atoms with Crippen LogP contribution in [0, 0.1) is 0 Å². The van der Waals surface area contributed by atoms with Gasteiger partial charge >= 0.3 is 138 Å². The molecule has 0 atom stereocenters. The molecule has 0 radical (unpaired) electrons. The van der Waals surface area contributed by atoms with Gasteiger partial charge in [-0.05, 0) is 70.8 Å². The van der Waals surface area contributed by atoms with Gasteiger partial charge in [0.25, 0.3) is 0 Å². The summed E-state index contributed by atoms with van der Waals surface area (Å²) in [5, 5.41) is 22.7. The van der Waals surface area contributed by atoms with Gasteiger partial charge in [-0.25, -0.2) is 0 Å². The number of carboxylic acids is 2. The summed E-state index contributed by atoms with van der Waals surface area (Å²) in [6.07, 6.45) is 0. The van der Waals surface area contributed by atoms with Gasteiger partial charge < -0.3 is 43.5 Å². The maximum Gasteiger partial charge on any atom is 1.00 e. The third-order valence-corrected chi connectivity index (χ3v) is 6.42. The second-order valence-electron chi connectivity index (χ2n) is 7.73. The van der Waals surface area contributed by atoms with E-state index in [4.69, 9.17) is 23.7 Å². The van der Waals surface area contributed by atoms with Crippen molar-refractivity contribution in [2.24, 2.45) is 0 Å². The summed E-state index contributed by atoms with van der Waals surface area (Å²) in [7, 11) is 0. The van der Waals surface area contributed by atoms with Gasteiger partial charge in [0.05, 0.1) is 51.6 Å². The van der Waals surface area contributed by atoms with Crippen molar-refractivity contribution in [1.29, 1.82) is 0 Å². The van der Waals surface area contributed by atoms with E-state index in [0.717, 1.165) is 16.5 Å². The number of fused-ring (bicyclic) bond motifs is 1. The topological polar surface area (TPSA) is 126 Å². The first-order chi connectivity index (χ1) is 17.5.